The Morgan fingerprint density at radius 1 is 1.38 bits per heavy atom. The Balaban J connectivity index is 4.08. The molecule has 0 heterocycles. The molecule has 2 N–H and O–H groups in total. The molecule has 0 saturated carbocycles. The van der Waals surface area contributed by atoms with Gasteiger partial charge in [0.15, 0.2) is 0 Å². The maximum absolute atomic E-state index is 12.1. The molecule has 0 unspecified atom stereocenters. The van der Waals surface area contributed by atoms with E-state index in [0.29, 0.717) is 6.42 Å². The van der Waals surface area contributed by atoms with E-state index >= 15 is 0 Å². The van der Waals surface area contributed by atoms with E-state index in [9.17, 15) is 13.6 Å². The molecule has 0 radical (unpaired) electrons. The van der Waals surface area contributed by atoms with Gasteiger partial charge in [0.05, 0.1) is 6.04 Å². The number of alkyl halides is 2. The minimum atomic E-state index is -2.34. The zero-order chi connectivity index (χ0) is 10.6. The molecule has 0 rings (SSSR count). The summed E-state index contributed by atoms with van der Waals surface area (Å²) in [5.74, 6) is -0.151. The van der Waals surface area contributed by atoms with Crippen LogP contribution in [-0.4, -0.2) is 18.3 Å². The number of carbonyl (C=O) groups is 1. The molecule has 0 aromatic heterocycles. The Kier molecular flexibility index (Phi) is 4.47. The monoisotopic (exact) mass is 193 g/mol. The molecule has 0 aromatic rings. The van der Waals surface area contributed by atoms with E-state index in [1.165, 1.54) is 6.92 Å². The predicted octanol–water partition coefficient (Wildman–Crippen LogP) is 1.97. The molecule has 0 spiro atoms. The van der Waals surface area contributed by atoms with Crippen molar-refractivity contribution in [3.8, 4) is 0 Å². The second-order valence-corrected chi connectivity index (χ2v) is 4.18. The van der Waals surface area contributed by atoms with Crippen molar-refractivity contribution < 1.29 is 13.6 Å². The fourth-order valence-electron chi connectivity index (χ4n) is 1.24. The van der Waals surface area contributed by atoms with Crippen LogP contribution in [0.2, 0.25) is 0 Å². The molecule has 0 bridgehead atoms. The lowest BCUT2D eigenvalue weighted by molar-refractivity contribution is -0.119. The summed E-state index contributed by atoms with van der Waals surface area (Å²) in [6.07, 6.45) is -2.24. The second kappa shape index (κ2) is 4.65. The molecule has 0 fully saturated rings. The van der Waals surface area contributed by atoms with Gasteiger partial charge in [-0.3, -0.25) is 4.79 Å². The van der Waals surface area contributed by atoms with Gasteiger partial charge < -0.3 is 5.73 Å². The molecule has 4 heteroatoms. The van der Waals surface area contributed by atoms with Gasteiger partial charge in [-0.05, 0) is 18.8 Å². The van der Waals surface area contributed by atoms with Gasteiger partial charge in [0.1, 0.15) is 5.78 Å². The highest BCUT2D eigenvalue weighted by molar-refractivity contribution is 5.81. The van der Waals surface area contributed by atoms with E-state index in [-0.39, 0.29) is 12.2 Å². The molecule has 0 aromatic carbocycles. The van der Waals surface area contributed by atoms with E-state index in [4.69, 9.17) is 5.73 Å². The summed E-state index contributed by atoms with van der Waals surface area (Å²) >= 11 is 0. The molecule has 0 aliphatic rings. The quantitative estimate of drug-likeness (QED) is 0.725. The number of hydrogen-bond donors (Lipinski definition) is 1. The Morgan fingerprint density at radius 3 is 2.15 bits per heavy atom. The van der Waals surface area contributed by atoms with Gasteiger partial charge in [-0.1, -0.05) is 13.8 Å². The van der Waals surface area contributed by atoms with Gasteiger partial charge >= 0.3 is 0 Å². The fourth-order valence-corrected chi connectivity index (χ4v) is 1.24. The van der Waals surface area contributed by atoms with Crippen molar-refractivity contribution in [3.63, 3.8) is 0 Å². The van der Waals surface area contributed by atoms with Crippen molar-refractivity contribution >= 4 is 5.78 Å². The van der Waals surface area contributed by atoms with Gasteiger partial charge in [0.25, 0.3) is 0 Å². The summed E-state index contributed by atoms with van der Waals surface area (Å²) in [6.45, 7) is 4.77. The Morgan fingerprint density at radius 2 is 1.85 bits per heavy atom. The number of carbonyl (C=O) groups excluding carboxylic acids is 1. The number of hydrogen-bond acceptors (Lipinski definition) is 2. The third-order valence-electron chi connectivity index (χ3n) is 2.00. The van der Waals surface area contributed by atoms with Gasteiger partial charge in [0.2, 0.25) is 6.43 Å². The lowest BCUT2D eigenvalue weighted by Crippen LogP contribution is -2.34. The zero-order valence-corrected chi connectivity index (χ0v) is 8.31. The molecular formula is C9H17F2NO. The predicted molar refractivity (Wildman–Crippen MR) is 47.7 cm³/mol. The SMILES string of the molecule is CC(=O)[C@@H](N)CC(C)(C)CC(F)F. The van der Waals surface area contributed by atoms with E-state index in [2.05, 4.69) is 0 Å². The molecular weight excluding hydrogens is 176 g/mol. The van der Waals surface area contributed by atoms with E-state index in [1.54, 1.807) is 13.8 Å². The lowest BCUT2D eigenvalue weighted by Gasteiger charge is -2.26. The smallest absolute Gasteiger partial charge is 0.239 e. The average molecular weight is 193 g/mol. The second-order valence-electron chi connectivity index (χ2n) is 4.18. The number of nitrogens with two attached hydrogens (primary N) is 1. The first kappa shape index (κ1) is 12.5. The summed E-state index contributed by atoms with van der Waals surface area (Å²) in [6, 6.07) is -0.617. The van der Waals surface area contributed by atoms with Crippen LogP contribution in [-0.2, 0) is 4.79 Å². The standard InChI is InChI=1S/C9H17F2NO/c1-6(13)7(12)4-9(2,3)5-8(10)11/h7-8H,4-5,12H2,1-3H3/t7-/m0/s1. The minimum Gasteiger partial charge on any atom is -0.322 e. The number of halogens is 2. The van der Waals surface area contributed by atoms with Crippen LogP contribution in [0.25, 0.3) is 0 Å². The molecule has 13 heavy (non-hydrogen) atoms. The molecule has 0 amide bonds. The fraction of sp³-hybridized carbons (Fsp3) is 0.889. The first-order valence-electron chi connectivity index (χ1n) is 4.29. The summed E-state index contributed by atoms with van der Waals surface area (Å²) in [7, 11) is 0. The van der Waals surface area contributed by atoms with Crippen molar-refractivity contribution in [3.05, 3.63) is 0 Å². The molecule has 1 atom stereocenters. The highest BCUT2D eigenvalue weighted by atomic mass is 19.3. The maximum atomic E-state index is 12.1. The van der Waals surface area contributed by atoms with Gasteiger partial charge in [-0.15, -0.1) is 0 Å². The third kappa shape index (κ3) is 5.69. The topological polar surface area (TPSA) is 43.1 Å². The number of Topliss-reactive ketones (excluding diaryl/α,β-unsaturated/α-hetero) is 1. The summed E-state index contributed by atoms with van der Waals surface area (Å²) in [5.41, 5.74) is 4.91. The zero-order valence-electron chi connectivity index (χ0n) is 8.31. The number of ketones is 1. The first-order chi connectivity index (χ1) is 5.74. The van der Waals surface area contributed by atoms with Crippen LogP contribution >= 0.6 is 0 Å². The minimum absolute atomic E-state index is 0.151. The lowest BCUT2D eigenvalue weighted by atomic mass is 9.82. The van der Waals surface area contributed by atoms with E-state index < -0.39 is 17.9 Å². The van der Waals surface area contributed by atoms with Crippen LogP contribution in [0.1, 0.15) is 33.6 Å². The van der Waals surface area contributed by atoms with Gasteiger partial charge in [0, 0.05) is 6.42 Å². The van der Waals surface area contributed by atoms with Crippen molar-refractivity contribution in [2.24, 2.45) is 11.1 Å². The first-order valence-corrected chi connectivity index (χ1v) is 4.29. The normalized spacial score (nSPS) is 14.7. The Labute approximate surface area is 77.5 Å². The largest absolute Gasteiger partial charge is 0.322 e. The summed E-state index contributed by atoms with van der Waals surface area (Å²) < 4.78 is 24.1. The van der Waals surface area contributed by atoms with Gasteiger partial charge in [-0.25, -0.2) is 8.78 Å². The molecule has 0 saturated heterocycles. The molecule has 0 aliphatic heterocycles. The van der Waals surface area contributed by atoms with Crippen LogP contribution in [0.3, 0.4) is 0 Å². The van der Waals surface area contributed by atoms with Crippen molar-refractivity contribution in [1.82, 2.24) is 0 Å². The van der Waals surface area contributed by atoms with Crippen LogP contribution < -0.4 is 5.73 Å². The Bertz CT molecular complexity index is 180. The van der Waals surface area contributed by atoms with E-state index in [1.807, 2.05) is 0 Å². The highest BCUT2D eigenvalue weighted by Gasteiger charge is 2.26. The average Bonchev–Trinajstić information content (AvgIpc) is 1.81. The number of rotatable bonds is 5. The summed E-state index contributed by atoms with van der Waals surface area (Å²) in [4.78, 5) is 10.8. The van der Waals surface area contributed by atoms with Gasteiger partial charge in [-0.2, -0.15) is 0 Å². The van der Waals surface area contributed by atoms with Crippen LogP contribution in [0.15, 0.2) is 0 Å². The summed E-state index contributed by atoms with van der Waals surface area (Å²) in [5, 5.41) is 0. The van der Waals surface area contributed by atoms with Crippen LogP contribution in [0, 0.1) is 5.41 Å². The van der Waals surface area contributed by atoms with Crippen molar-refractivity contribution in [2.45, 2.75) is 46.1 Å². The molecule has 78 valence electrons. The van der Waals surface area contributed by atoms with Crippen LogP contribution in [0.5, 0.6) is 0 Å². The van der Waals surface area contributed by atoms with Crippen LogP contribution in [0.4, 0.5) is 8.78 Å². The maximum Gasteiger partial charge on any atom is 0.239 e. The molecule has 0 aliphatic carbocycles. The van der Waals surface area contributed by atoms with Crippen molar-refractivity contribution in [1.29, 1.82) is 0 Å². The van der Waals surface area contributed by atoms with E-state index in [0.717, 1.165) is 0 Å². The molecule has 2 nitrogen and oxygen atoms in total. The Hall–Kier alpha value is -0.510. The van der Waals surface area contributed by atoms with Crippen molar-refractivity contribution in [2.75, 3.05) is 0 Å². The third-order valence-corrected chi connectivity index (χ3v) is 2.00. The highest BCUT2D eigenvalue weighted by Crippen LogP contribution is 2.29.